The summed E-state index contributed by atoms with van der Waals surface area (Å²) in [7, 11) is 2.93. The lowest BCUT2D eigenvalue weighted by Crippen LogP contribution is -2.59. The second-order valence-electron chi connectivity index (χ2n) is 10.8. The van der Waals surface area contributed by atoms with Gasteiger partial charge >= 0.3 is 6.18 Å². The number of hydrogen-bond donors (Lipinski definition) is 2. The molecule has 0 aliphatic heterocycles. The van der Waals surface area contributed by atoms with E-state index in [1.54, 1.807) is 18.2 Å². The highest BCUT2D eigenvalue weighted by Crippen LogP contribution is 2.56. The van der Waals surface area contributed by atoms with Gasteiger partial charge < -0.3 is 20.5 Å². The monoisotopic (exact) mass is 531 g/mol. The number of aromatic nitrogens is 1. The molecule has 2 aromatic heterocycles. The van der Waals surface area contributed by atoms with Gasteiger partial charge in [-0.25, -0.2) is 4.98 Å². The molecule has 2 heterocycles. The maximum absolute atomic E-state index is 14.2. The van der Waals surface area contributed by atoms with Crippen LogP contribution in [0, 0.1) is 17.8 Å². The highest BCUT2D eigenvalue weighted by Gasteiger charge is 2.51. The molecule has 0 radical (unpaired) electrons. The smallest absolute Gasteiger partial charge is 0.417 e. The zero-order chi connectivity index (χ0) is 26.1. The van der Waals surface area contributed by atoms with Crippen molar-refractivity contribution in [1.82, 2.24) is 10.3 Å². The quantitative estimate of drug-likeness (QED) is 0.405. The lowest BCUT2D eigenvalue weighted by atomic mass is 9.53. The average Bonchev–Trinajstić information content (AvgIpc) is 3.17. The van der Waals surface area contributed by atoms with Crippen molar-refractivity contribution in [2.24, 2.45) is 17.8 Å². The Morgan fingerprint density at radius 2 is 1.68 bits per heavy atom. The fourth-order valence-electron chi connectivity index (χ4n) is 7.22. The van der Waals surface area contributed by atoms with Crippen molar-refractivity contribution in [2.75, 3.05) is 20.0 Å². The predicted octanol–water partition coefficient (Wildman–Crippen LogP) is 6.28. The normalized spacial score (nSPS) is 26.5. The van der Waals surface area contributed by atoms with Gasteiger partial charge in [-0.3, -0.25) is 4.79 Å². The fraction of sp³-hybridized carbons (Fsp3) is 0.481. The van der Waals surface area contributed by atoms with Crippen molar-refractivity contribution in [3.63, 3.8) is 0 Å². The van der Waals surface area contributed by atoms with Gasteiger partial charge in [0.2, 0.25) is 0 Å². The van der Waals surface area contributed by atoms with E-state index < -0.39 is 17.6 Å². The highest BCUT2D eigenvalue weighted by molar-refractivity contribution is 7.21. The molecule has 10 heteroatoms. The van der Waals surface area contributed by atoms with Gasteiger partial charge in [0.05, 0.1) is 31.2 Å². The number of carbonyl (C=O) groups is 1. The number of nitrogen functional groups attached to an aromatic ring is 1. The van der Waals surface area contributed by atoms with E-state index >= 15 is 0 Å². The number of ether oxygens (including phenoxy) is 2. The zero-order valence-electron chi connectivity index (χ0n) is 20.6. The van der Waals surface area contributed by atoms with Gasteiger partial charge in [-0.15, -0.1) is 11.3 Å². The molecule has 4 saturated carbocycles. The first-order chi connectivity index (χ1) is 17.6. The molecule has 3 aromatic rings. The summed E-state index contributed by atoms with van der Waals surface area (Å²) in [6.45, 7) is 0. The average molecular weight is 532 g/mol. The molecule has 4 fully saturated rings. The van der Waals surface area contributed by atoms with E-state index in [0.717, 1.165) is 36.7 Å². The van der Waals surface area contributed by atoms with E-state index in [9.17, 15) is 18.0 Å². The molecular formula is C27H28F3N3O3S. The van der Waals surface area contributed by atoms with Crippen LogP contribution in [0.25, 0.3) is 21.5 Å². The summed E-state index contributed by atoms with van der Waals surface area (Å²) in [6.07, 6.45) is 1.78. The molecule has 4 aliphatic carbocycles. The van der Waals surface area contributed by atoms with Crippen LogP contribution in [0.2, 0.25) is 0 Å². The van der Waals surface area contributed by atoms with E-state index in [1.165, 1.54) is 33.5 Å². The van der Waals surface area contributed by atoms with Crippen LogP contribution < -0.4 is 20.5 Å². The molecular weight excluding hydrogens is 503 g/mol. The Kier molecular flexibility index (Phi) is 5.60. The number of thiophene rings is 1. The van der Waals surface area contributed by atoms with Crippen LogP contribution in [-0.2, 0) is 6.18 Å². The van der Waals surface area contributed by atoms with Crippen molar-refractivity contribution in [3.8, 4) is 22.8 Å². The molecule has 6 nitrogen and oxygen atoms in total. The summed E-state index contributed by atoms with van der Waals surface area (Å²) in [6, 6.07) is 5.78. The second kappa shape index (κ2) is 8.51. The van der Waals surface area contributed by atoms with Gasteiger partial charge in [-0.2, -0.15) is 13.2 Å². The molecule has 196 valence electrons. The van der Waals surface area contributed by atoms with E-state index in [0.29, 0.717) is 34.8 Å². The molecule has 3 N–H and O–H groups in total. The Bertz CT molecular complexity index is 1370. The third-order valence-corrected chi connectivity index (χ3v) is 9.41. The molecule has 7 rings (SSSR count). The largest absolute Gasteiger partial charge is 0.493 e. The lowest BCUT2D eigenvalue weighted by molar-refractivity contribution is -0.136. The first kappa shape index (κ1) is 24.3. The van der Waals surface area contributed by atoms with Crippen molar-refractivity contribution in [2.45, 2.75) is 50.2 Å². The van der Waals surface area contributed by atoms with Crippen molar-refractivity contribution in [3.05, 3.63) is 34.7 Å². The summed E-state index contributed by atoms with van der Waals surface area (Å²) in [5.74, 6) is 2.28. The highest BCUT2D eigenvalue weighted by atomic mass is 32.1. The Morgan fingerprint density at radius 3 is 2.24 bits per heavy atom. The van der Waals surface area contributed by atoms with Crippen LogP contribution in [0.15, 0.2) is 24.3 Å². The van der Waals surface area contributed by atoms with E-state index in [1.807, 2.05) is 0 Å². The van der Waals surface area contributed by atoms with Crippen LogP contribution in [-0.4, -0.2) is 30.6 Å². The summed E-state index contributed by atoms with van der Waals surface area (Å²) in [5.41, 5.74) is 5.43. The van der Waals surface area contributed by atoms with Gasteiger partial charge in [0.25, 0.3) is 5.91 Å². The Hall–Kier alpha value is -3.01. The van der Waals surface area contributed by atoms with Crippen LogP contribution in [0.5, 0.6) is 11.5 Å². The number of amides is 1. The van der Waals surface area contributed by atoms with Gasteiger partial charge in [0.1, 0.15) is 9.71 Å². The zero-order valence-corrected chi connectivity index (χ0v) is 21.4. The second-order valence-corrected chi connectivity index (χ2v) is 11.8. The lowest BCUT2D eigenvalue weighted by Gasteiger charge is -2.56. The minimum absolute atomic E-state index is 0.0766. The van der Waals surface area contributed by atoms with E-state index in [4.69, 9.17) is 15.2 Å². The maximum atomic E-state index is 14.2. The summed E-state index contributed by atoms with van der Waals surface area (Å²) < 4.78 is 53.2. The van der Waals surface area contributed by atoms with Crippen molar-refractivity contribution >= 4 is 33.1 Å². The van der Waals surface area contributed by atoms with Crippen LogP contribution in [0.1, 0.15) is 53.8 Å². The third-order valence-electron chi connectivity index (χ3n) is 8.31. The first-order valence-corrected chi connectivity index (χ1v) is 13.3. The van der Waals surface area contributed by atoms with Crippen molar-refractivity contribution < 1.29 is 27.4 Å². The Labute approximate surface area is 216 Å². The number of hydrogen-bond acceptors (Lipinski definition) is 6. The molecule has 37 heavy (non-hydrogen) atoms. The van der Waals surface area contributed by atoms with Gasteiger partial charge in [0.15, 0.2) is 11.5 Å². The minimum atomic E-state index is -4.69. The number of pyridine rings is 1. The molecule has 0 atom stereocenters. The van der Waals surface area contributed by atoms with E-state index in [-0.39, 0.29) is 32.0 Å². The summed E-state index contributed by atoms with van der Waals surface area (Å²) in [4.78, 5) is 18.1. The third kappa shape index (κ3) is 4.09. The van der Waals surface area contributed by atoms with Gasteiger partial charge in [0, 0.05) is 16.5 Å². The molecule has 4 bridgehead atoms. The number of nitrogens with two attached hydrogens (primary N) is 1. The number of fused-ring (bicyclic) bond motifs is 1. The predicted molar refractivity (Wildman–Crippen MR) is 136 cm³/mol. The fourth-order valence-corrected chi connectivity index (χ4v) is 8.23. The number of rotatable bonds is 5. The number of nitrogens with zero attached hydrogens (tertiary/aromatic N) is 1. The number of benzene rings is 1. The summed E-state index contributed by atoms with van der Waals surface area (Å²) in [5, 5.41) is 3.00. The number of halogens is 3. The molecule has 0 saturated heterocycles. The minimum Gasteiger partial charge on any atom is -0.493 e. The molecule has 1 amide bonds. The van der Waals surface area contributed by atoms with Gasteiger partial charge in [-0.05, 0) is 80.5 Å². The van der Waals surface area contributed by atoms with Gasteiger partial charge in [-0.1, -0.05) is 0 Å². The molecule has 1 aromatic carbocycles. The Morgan fingerprint density at radius 1 is 1.05 bits per heavy atom. The van der Waals surface area contributed by atoms with Crippen LogP contribution in [0.3, 0.4) is 0 Å². The number of anilines is 1. The first-order valence-electron chi connectivity index (χ1n) is 12.4. The molecule has 4 aliphatic rings. The number of methoxy groups -OCH3 is 2. The Balaban J connectivity index is 1.41. The molecule has 0 spiro atoms. The summed E-state index contributed by atoms with van der Waals surface area (Å²) >= 11 is 0.913. The molecule has 0 unspecified atom stereocenters. The van der Waals surface area contributed by atoms with Crippen molar-refractivity contribution in [1.29, 1.82) is 0 Å². The standard InChI is InChI=1S/C27H28F3N3O3S/c1-35-19-4-3-16(8-20(19)36-2)18-9-17(27(28,29)30)21-22(31)23(37-25(21)32-18)24(34)33-26-10-13-5-14(11-26)7-15(6-13)12-26/h3-4,8-9,13-15H,5-7,10-12,31H2,1-2H3,(H,33,34). The van der Waals surface area contributed by atoms with Crippen LogP contribution in [0.4, 0.5) is 18.9 Å². The SMILES string of the molecule is COc1ccc(-c2cc(C(F)(F)F)c3c(N)c(C(=O)NC45CC6CC(CC(C6)C4)C5)sc3n2)cc1OC. The topological polar surface area (TPSA) is 86.5 Å². The maximum Gasteiger partial charge on any atom is 0.417 e. The number of carbonyl (C=O) groups excluding carboxylic acids is 1. The van der Waals surface area contributed by atoms with E-state index in [2.05, 4.69) is 10.3 Å². The van der Waals surface area contributed by atoms with Crippen LogP contribution >= 0.6 is 11.3 Å². The number of alkyl halides is 3. The number of nitrogens with one attached hydrogen (secondary N) is 1.